The van der Waals surface area contributed by atoms with Gasteiger partial charge in [-0.25, -0.2) is 4.98 Å². The van der Waals surface area contributed by atoms with Crippen LogP contribution in [-0.2, 0) is 17.5 Å². The average molecular weight is 243 g/mol. The summed E-state index contributed by atoms with van der Waals surface area (Å²) in [5, 5.41) is 2.15. The number of oxazole rings is 1. The van der Waals surface area contributed by atoms with Crippen molar-refractivity contribution in [2.75, 3.05) is 5.88 Å². The first kappa shape index (κ1) is 11.8. The number of aromatic nitrogens is 1. The minimum Gasteiger partial charge on any atom is -0.439 e. The second-order valence-corrected chi connectivity index (χ2v) is 2.80. The van der Waals surface area contributed by atoms with Gasteiger partial charge in [-0.1, -0.05) is 0 Å². The molecule has 8 heteroatoms. The van der Waals surface area contributed by atoms with Crippen molar-refractivity contribution in [1.29, 1.82) is 0 Å². The van der Waals surface area contributed by atoms with Gasteiger partial charge in [-0.2, -0.15) is 13.2 Å². The number of hydrogen-bond donors (Lipinski definition) is 1. The van der Waals surface area contributed by atoms with Crippen molar-refractivity contribution >= 4 is 17.5 Å². The summed E-state index contributed by atoms with van der Waals surface area (Å²) in [6, 6.07) is 0. The number of alkyl halides is 4. The van der Waals surface area contributed by atoms with Crippen molar-refractivity contribution in [2.24, 2.45) is 0 Å². The number of carbonyl (C=O) groups is 1. The fourth-order valence-electron chi connectivity index (χ4n) is 0.855. The second kappa shape index (κ2) is 4.52. The largest absolute Gasteiger partial charge is 0.451 e. The van der Waals surface area contributed by atoms with Crippen LogP contribution in [-0.4, -0.2) is 16.8 Å². The Bertz CT molecular complexity index is 350. The standard InChI is InChI=1S/C7H6ClF3N2O2/c8-1-5(14)12-2-4-6(7(9,10)11)15-3-13-4/h3H,1-2H2,(H,12,14). The molecule has 0 unspecified atom stereocenters. The van der Waals surface area contributed by atoms with Gasteiger partial charge < -0.3 is 9.73 Å². The topological polar surface area (TPSA) is 55.1 Å². The Labute approximate surface area is 87.4 Å². The van der Waals surface area contributed by atoms with Crippen molar-refractivity contribution < 1.29 is 22.4 Å². The fourth-order valence-corrected chi connectivity index (χ4v) is 0.950. The zero-order chi connectivity index (χ0) is 11.5. The number of halogens is 4. The highest BCUT2D eigenvalue weighted by Gasteiger charge is 2.38. The van der Waals surface area contributed by atoms with Gasteiger partial charge in [-0.3, -0.25) is 4.79 Å². The van der Waals surface area contributed by atoms with Crippen LogP contribution >= 0.6 is 11.6 Å². The van der Waals surface area contributed by atoms with E-state index < -0.39 is 17.8 Å². The first-order chi connectivity index (χ1) is 6.95. The number of carbonyl (C=O) groups excluding carboxylic acids is 1. The summed E-state index contributed by atoms with van der Waals surface area (Å²) in [6.07, 6.45) is -3.94. The van der Waals surface area contributed by atoms with E-state index in [1.54, 1.807) is 0 Å². The Kier molecular flexibility index (Phi) is 3.57. The van der Waals surface area contributed by atoms with E-state index in [9.17, 15) is 18.0 Å². The molecule has 15 heavy (non-hydrogen) atoms. The van der Waals surface area contributed by atoms with Crippen molar-refractivity contribution in [3.8, 4) is 0 Å². The van der Waals surface area contributed by atoms with E-state index in [0.717, 1.165) is 0 Å². The number of hydrogen-bond acceptors (Lipinski definition) is 3. The van der Waals surface area contributed by atoms with Gasteiger partial charge in [-0.15, -0.1) is 11.6 Å². The molecular formula is C7H6ClF3N2O2. The monoisotopic (exact) mass is 242 g/mol. The first-order valence-corrected chi connectivity index (χ1v) is 4.31. The van der Waals surface area contributed by atoms with Crippen LogP contribution in [0.1, 0.15) is 11.5 Å². The van der Waals surface area contributed by atoms with Gasteiger partial charge in [0.25, 0.3) is 0 Å². The third-order valence-corrected chi connectivity index (χ3v) is 1.72. The molecule has 0 fully saturated rings. The van der Waals surface area contributed by atoms with Crippen molar-refractivity contribution in [3.63, 3.8) is 0 Å². The summed E-state index contributed by atoms with van der Waals surface area (Å²) < 4.78 is 40.8. The summed E-state index contributed by atoms with van der Waals surface area (Å²) in [7, 11) is 0. The van der Waals surface area contributed by atoms with E-state index in [4.69, 9.17) is 11.6 Å². The Balaban J connectivity index is 2.70. The zero-order valence-corrected chi connectivity index (χ0v) is 8.02. The summed E-state index contributed by atoms with van der Waals surface area (Å²) in [5.41, 5.74) is -0.374. The Morgan fingerprint density at radius 3 is 2.80 bits per heavy atom. The third-order valence-electron chi connectivity index (χ3n) is 1.47. The molecule has 0 bridgehead atoms. The van der Waals surface area contributed by atoms with Gasteiger partial charge in [0.2, 0.25) is 11.7 Å². The van der Waals surface area contributed by atoms with E-state index in [-0.39, 0.29) is 18.1 Å². The molecule has 84 valence electrons. The highest BCUT2D eigenvalue weighted by atomic mass is 35.5. The lowest BCUT2D eigenvalue weighted by molar-refractivity contribution is -0.153. The van der Waals surface area contributed by atoms with Crippen LogP contribution in [0.5, 0.6) is 0 Å². The van der Waals surface area contributed by atoms with E-state index >= 15 is 0 Å². The van der Waals surface area contributed by atoms with Gasteiger partial charge in [0.1, 0.15) is 11.6 Å². The number of nitrogens with one attached hydrogen (secondary N) is 1. The Morgan fingerprint density at radius 2 is 2.27 bits per heavy atom. The quantitative estimate of drug-likeness (QED) is 0.818. The molecule has 1 N–H and O–H groups in total. The lowest BCUT2D eigenvalue weighted by Gasteiger charge is -2.05. The van der Waals surface area contributed by atoms with Crippen LogP contribution in [0.15, 0.2) is 10.8 Å². The van der Waals surface area contributed by atoms with Gasteiger partial charge >= 0.3 is 6.18 Å². The van der Waals surface area contributed by atoms with Gasteiger partial charge in [0, 0.05) is 0 Å². The lowest BCUT2D eigenvalue weighted by Crippen LogP contribution is -2.25. The van der Waals surface area contributed by atoms with Gasteiger partial charge in [-0.05, 0) is 0 Å². The molecule has 1 heterocycles. The molecule has 0 aliphatic carbocycles. The normalized spacial score (nSPS) is 11.5. The maximum Gasteiger partial charge on any atom is 0.451 e. The molecule has 0 aliphatic heterocycles. The van der Waals surface area contributed by atoms with E-state index in [2.05, 4.69) is 14.7 Å². The first-order valence-electron chi connectivity index (χ1n) is 3.77. The van der Waals surface area contributed by atoms with Crippen molar-refractivity contribution in [2.45, 2.75) is 12.7 Å². The third kappa shape index (κ3) is 3.12. The fraction of sp³-hybridized carbons (Fsp3) is 0.429. The molecule has 1 amide bonds. The van der Waals surface area contributed by atoms with Gasteiger partial charge in [0.05, 0.1) is 6.54 Å². The van der Waals surface area contributed by atoms with Gasteiger partial charge in [0.15, 0.2) is 6.39 Å². The summed E-state index contributed by atoms with van der Waals surface area (Å²) in [4.78, 5) is 14.0. The molecule has 1 rings (SSSR count). The van der Waals surface area contributed by atoms with E-state index in [0.29, 0.717) is 6.39 Å². The van der Waals surface area contributed by atoms with E-state index in [1.807, 2.05) is 0 Å². The smallest absolute Gasteiger partial charge is 0.439 e. The van der Waals surface area contributed by atoms with Crippen molar-refractivity contribution in [3.05, 3.63) is 17.8 Å². The van der Waals surface area contributed by atoms with Crippen LogP contribution in [0.25, 0.3) is 0 Å². The highest BCUT2D eigenvalue weighted by Crippen LogP contribution is 2.31. The molecule has 4 nitrogen and oxygen atoms in total. The number of nitrogens with zero attached hydrogens (tertiary/aromatic N) is 1. The minimum absolute atomic E-state index is 0.320. The molecular weight excluding hydrogens is 237 g/mol. The van der Waals surface area contributed by atoms with Crippen molar-refractivity contribution in [1.82, 2.24) is 10.3 Å². The molecule has 0 atom stereocenters. The molecule has 0 saturated heterocycles. The molecule has 0 aliphatic rings. The summed E-state index contributed by atoms with van der Waals surface area (Å²) in [6.45, 7) is -0.364. The molecule has 0 spiro atoms. The molecule has 1 aromatic rings. The minimum atomic E-state index is -4.61. The summed E-state index contributed by atoms with van der Waals surface area (Å²) >= 11 is 5.14. The predicted octanol–water partition coefficient (Wildman–Crippen LogP) is 1.55. The van der Waals surface area contributed by atoms with Crippen LogP contribution in [0.3, 0.4) is 0 Å². The maximum absolute atomic E-state index is 12.2. The highest BCUT2D eigenvalue weighted by molar-refractivity contribution is 6.27. The number of rotatable bonds is 3. The average Bonchev–Trinajstić information content (AvgIpc) is 2.61. The SMILES string of the molecule is O=C(CCl)NCc1ncoc1C(F)(F)F. The van der Waals surface area contributed by atoms with Crippen LogP contribution < -0.4 is 5.32 Å². The maximum atomic E-state index is 12.2. The molecule has 1 aromatic heterocycles. The molecule has 0 saturated carbocycles. The molecule has 0 radical (unpaired) electrons. The predicted molar refractivity (Wildman–Crippen MR) is 44.1 cm³/mol. The second-order valence-electron chi connectivity index (χ2n) is 2.54. The number of amides is 1. The lowest BCUT2D eigenvalue weighted by atomic mass is 10.3. The zero-order valence-electron chi connectivity index (χ0n) is 7.27. The van der Waals surface area contributed by atoms with Crippen LogP contribution in [0.4, 0.5) is 13.2 Å². The van der Waals surface area contributed by atoms with Crippen LogP contribution in [0.2, 0.25) is 0 Å². The molecule has 0 aromatic carbocycles. The Morgan fingerprint density at radius 1 is 1.60 bits per heavy atom. The van der Waals surface area contributed by atoms with E-state index in [1.165, 1.54) is 0 Å². The summed E-state index contributed by atoms with van der Waals surface area (Å²) in [5.74, 6) is -2.11. The van der Waals surface area contributed by atoms with Crippen LogP contribution in [0, 0.1) is 0 Å². The Hall–Kier alpha value is -1.24.